The molecule has 108 valence electrons. The Balaban J connectivity index is 2.65. The average molecular weight is 258 g/mol. The van der Waals surface area contributed by atoms with Gasteiger partial charge in [0.25, 0.3) is 0 Å². The summed E-state index contributed by atoms with van der Waals surface area (Å²) in [7, 11) is 3.51. The summed E-state index contributed by atoms with van der Waals surface area (Å²) in [4.78, 5) is 2.49. The minimum Gasteiger partial charge on any atom is -0.383 e. The number of nitrogens with two attached hydrogens (primary N) is 1. The maximum atomic E-state index is 6.10. The molecule has 18 heavy (non-hydrogen) atoms. The molecule has 0 aliphatic heterocycles. The van der Waals surface area contributed by atoms with E-state index in [9.17, 15) is 0 Å². The average Bonchev–Trinajstić information content (AvgIpc) is 2.41. The summed E-state index contributed by atoms with van der Waals surface area (Å²) in [6.45, 7) is 6.52. The van der Waals surface area contributed by atoms with Crippen molar-refractivity contribution >= 4 is 0 Å². The van der Waals surface area contributed by atoms with Crippen LogP contribution in [0, 0.1) is 5.92 Å². The van der Waals surface area contributed by atoms with E-state index in [0.29, 0.717) is 0 Å². The van der Waals surface area contributed by atoms with Gasteiger partial charge in [0.2, 0.25) is 0 Å². The summed E-state index contributed by atoms with van der Waals surface area (Å²) in [5, 5.41) is 0. The number of ether oxygens (including phenoxy) is 2. The van der Waals surface area contributed by atoms with E-state index in [2.05, 4.69) is 11.8 Å². The van der Waals surface area contributed by atoms with Crippen LogP contribution in [-0.4, -0.2) is 57.5 Å². The van der Waals surface area contributed by atoms with Crippen molar-refractivity contribution in [3.8, 4) is 0 Å². The van der Waals surface area contributed by atoms with Crippen molar-refractivity contribution in [2.24, 2.45) is 11.7 Å². The van der Waals surface area contributed by atoms with Crippen LogP contribution in [-0.2, 0) is 9.47 Å². The second-order valence-corrected chi connectivity index (χ2v) is 5.58. The van der Waals surface area contributed by atoms with Gasteiger partial charge in [-0.1, -0.05) is 6.92 Å². The maximum absolute atomic E-state index is 6.10. The lowest BCUT2D eigenvalue weighted by atomic mass is 9.76. The molecule has 1 fully saturated rings. The van der Waals surface area contributed by atoms with E-state index in [1.54, 1.807) is 14.2 Å². The van der Waals surface area contributed by atoms with Gasteiger partial charge >= 0.3 is 0 Å². The molecule has 0 atom stereocenters. The molecule has 0 amide bonds. The van der Waals surface area contributed by atoms with Gasteiger partial charge in [0.1, 0.15) is 0 Å². The van der Waals surface area contributed by atoms with Crippen LogP contribution in [0.1, 0.15) is 32.6 Å². The Morgan fingerprint density at radius 1 is 1.11 bits per heavy atom. The summed E-state index contributed by atoms with van der Waals surface area (Å²) in [5.41, 5.74) is 6.27. The Labute approximate surface area is 112 Å². The van der Waals surface area contributed by atoms with E-state index in [-0.39, 0.29) is 5.54 Å². The van der Waals surface area contributed by atoms with Crippen molar-refractivity contribution in [3.63, 3.8) is 0 Å². The van der Waals surface area contributed by atoms with E-state index in [1.165, 1.54) is 25.7 Å². The fourth-order valence-electron chi connectivity index (χ4n) is 2.94. The lowest BCUT2D eigenvalue weighted by molar-refractivity contribution is 0.00798. The number of hydrogen-bond donors (Lipinski definition) is 1. The Bertz CT molecular complexity index is 208. The van der Waals surface area contributed by atoms with Crippen LogP contribution >= 0.6 is 0 Å². The Hall–Kier alpha value is -0.160. The van der Waals surface area contributed by atoms with Crippen LogP contribution in [0.2, 0.25) is 0 Å². The van der Waals surface area contributed by atoms with Gasteiger partial charge in [-0.2, -0.15) is 0 Å². The second kappa shape index (κ2) is 8.10. The number of hydrogen-bond acceptors (Lipinski definition) is 4. The first kappa shape index (κ1) is 15.9. The van der Waals surface area contributed by atoms with E-state index in [4.69, 9.17) is 15.2 Å². The summed E-state index contributed by atoms with van der Waals surface area (Å²) >= 11 is 0. The third-order valence-electron chi connectivity index (χ3n) is 4.39. The number of nitrogens with zero attached hydrogens (tertiary/aromatic N) is 1. The molecule has 0 saturated heterocycles. The lowest BCUT2D eigenvalue weighted by Gasteiger charge is -2.47. The van der Waals surface area contributed by atoms with Crippen LogP contribution in [0.15, 0.2) is 0 Å². The monoisotopic (exact) mass is 258 g/mol. The molecule has 1 aliphatic carbocycles. The molecule has 2 N–H and O–H groups in total. The van der Waals surface area contributed by atoms with Crippen LogP contribution in [0.25, 0.3) is 0 Å². The third kappa shape index (κ3) is 4.19. The molecular formula is C14H30N2O2. The van der Waals surface area contributed by atoms with E-state index in [0.717, 1.165) is 38.8 Å². The van der Waals surface area contributed by atoms with E-state index >= 15 is 0 Å². The van der Waals surface area contributed by atoms with Crippen LogP contribution < -0.4 is 5.73 Å². The first-order valence-corrected chi connectivity index (χ1v) is 7.11. The van der Waals surface area contributed by atoms with Gasteiger partial charge in [-0.3, -0.25) is 4.90 Å². The highest BCUT2D eigenvalue weighted by atomic mass is 16.5. The van der Waals surface area contributed by atoms with Gasteiger partial charge in [0, 0.05) is 39.4 Å². The fraction of sp³-hybridized carbons (Fsp3) is 1.00. The predicted octanol–water partition coefficient (Wildman–Crippen LogP) is 1.49. The van der Waals surface area contributed by atoms with Crippen LogP contribution in [0.5, 0.6) is 0 Å². The Morgan fingerprint density at radius 3 is 2.00 bits per heavy atom. The van der Waals surface area contributed by atoms with Gasteiger partial charge in [-0.05, 0) is 31.6 Å². The Kier molecular flexibility index (Phi) is 7.15. The standard InChI is InChI=1S/C14H30N2O2/c1-13-4-6-14(12-15,7-5-13)16(8-10-17-2)9-11-18-3/h13H,4-12,15H2,1-3H3. The normalized spacial score (nSPS) is 28.8. The van der Waals surface area contributed by atoms with Crippen molar-refractivity contribution in [2.45, 2.75) is 38.1 Å². The van der Waals surface area contributed by atoms with Gasteiger partial charge in [0.15, 0.2) is 0 Å². The molecule has 0 unspecified atom stereocenters. The topological polar surface area (TPSA) is 47.7 Å². The summed E-state index contributed by atoms with van der Waals surface area (Å²) < 4.78 is 10.5. The zero-order chi connectivity index (χ0) is 13.4. The maximum Gasteiger partial charge on any atom is 0.0589 e. The molecule has 1 rings (SSSR count). The van der Waals surface area contributed by atoms with Crippen LogP contribution in [0.3, 0.4) is 0 Å². The van der Waals surface area contributed by atoms with Gasteiger partial charge in [-0.15, -0.1) is 0 Å². The second-order valence-electron chi connectivity index (χ2n) is 5.58. The highest BCUT2D eigenvalue weighted by Gasteiger charge is 2.37. The third-order valence-corrected chi connectivity index (χ3v) is 4.39. The molecule has 0 aromatic heterocycles. The van der Waals surface area contributed by atoms with Crippen molar-refractivity contribution in [1.82, 2.24) is 4.90 Å². The van der Waals surface area contributed by atoms with Crippen molar-refractivity contribution < 1.29 is 9.47 Å². The van der Waals surface area contributed by atoms with Crippen molar-refractivity contribution in [2.75, 3.05) is 47.1 Å². The van der Waals surface area contributed by atoms with E-state index in [1.807, 2.05) is 0 Å². The Morgan fingerprint density at radius 2 is 1.61 bits per heavy atom. The number of rotatable bonds is 8. The molecule has 1 aliphatic rings. The SMILES string of the molecule is COCCN(CCOC)C1(CN)CCC(C)CC1. The zero-order valence-electron chi connectivity index (χ0n) is 12.3. The molecule has 0 heterocycles. The molecule has 4 nitrogen and oxygen atoms in total. The highest BCUT2D eigenvalue weighted by molar-refractivity contribution is 4.95. The summed E-state index contributed by atoms with van der Waals surface area (Å²) in [6.07, 6.45) is 4.98. The molecule has 0 radical (unpaired) electrons. The lowest BCUT2D eigenvalue weighted by Crippen LogP contribution is -2.57. The van der Waals surface area contributed by atoms with Gasteiger partial charge in [0.05, 0.1) is 13.2 Å². The molecule has 1 saturated carbocycles. The van der Waals surface area contributed by atoms with Crippen molar-refractivity contribution in [1.29, 1.82) is 0 Å². The first-order valence-electron chi connectivity index (χ1n) is 7.11. The first-order chi connectivity index (χ1) is 8.68. The minimum atomic E-state index is 0.170. The fourth-order valence-corrected chi connectivity index (χ4v) is 2.94. The zero-order valence-corrected chi connectivity index (χ0v) is 12.3. The molecule has 0 spiro atoms. The van der Waals surface area contributed by atoms with Crippen LogP contribution in [0.4, 0.5) is 0 Å². The molecule has 0 bridgehead atoms. The highest BCUT2D eigenvalue weighted by Crippen LogP contribution is 2.35. The van der Waals surface area contributed by atoms with Crippen molar-refractivity contribution in [3.05, 3.63) is 0 Å². The molecule has 0 aromatic rings. The largest absolute Gasteiger partial charge is 0.383 e. The quantitative estimate of drug-likeness (QED) is 0.716. The molecule has 4 heteroatoms. The summed E-state index contributed by atoms with van der Waals surface area (Å²) in [6, 6.07) is 0. The van der Waals surface area contributed by atoms with E-state index < -0.39 is 0 Å². The molecule has 0 aromatic carbocycles. The predicted molar refractivity (Wildman–Crippen MR) is 74.7 cm³/mol. The van der Waals surface area contributed by atoms with Gasteiger partial charge in [-0.25, -0.2) is 0 Å². The molecular weight excluding hydrogens is 228 g/mol. The smallest absolute Gasteiger partial charge is 0.0589 e. The summed E-state index contributed by atoms with van der Waals surface area (Å²) in [5.74, 6) is 0.844. The minimum absolute atomic E-state index is 0.170. The number of methoxy groups -OCH3 is 2. The van der Waals surface area contributed by atoms with Gasteiger partial charge < -0.3 is 15.2 Å².